The second kappa shape index (κ2) is 8.47. The van der Waals surface area contributed by atoms with E-state index in [2.05, 4.69) is 22.9 Å². The summed E-state index contributed by atoms with van der Waals surface area (Å²) in [5, 5.41) is 0. The van der Waals surface area contributed by atoms with Crippen LogP contribution in [-0.2, 0) is 15.5 Å². The van der Waals surface area contributed by atoms with E-state index < -0.39 is 11.4 Å². The largest absolute Gasteiger partial charge is 0.303 e. The second-order valence-electron chi connectivity index (χ2n) is 7.44. The van der Waals surface area contributed by atoms with Gasteiger partial charge in [0.05, 0.1) is 6.61 Å². The van der Waals surface area contributed by atoms with Crippen LogP contribution in [0.25, 0.3) is 0 Å². The molecule has 2 bridgehead atoms. The van der Waals surface area contributed by atoms with Crippen molar-refractivity contribution in [2.45, 2.75) is 39.5 Å². The molecule has 1 N–H and O–H groups in total. The molecule has 0 aromatic heterocycles. The fourth-order valence-corrected chi connectivity index (χ4v) is 5.57. The van der Waals surface area contributed by atoms with Gasteiger partial charge in [-0.05, 0) is 61.7 Å². The Hall–Kier alpha value is 0.380. The zero-order valence-corrected chi connectivity index (χ0v) is 15.8. The van der Waals surface area contributed by atoms with Gasteiger partial charge in [0.2, 0.25) is 0 Å². The highest BCUT2D eigenvalue weighted by atomic mass is 32.2. The van der Waals surface area contributed by atoms with E-state index >= 15 is 0 Å². The highest BCUT2D eigenvalue weighted by molar-refractivity contribution is 7.99. The first kappa shape index (κ1) is 18.7. The van der Waals surface area contributed by atoms with Crippen LogP contribution in [0.3, 0.4) is 0 Å². The Labute approximate surface area is 142 Å². The predicted molar refractivity (Wildman–Crippen MR) is 94.3 cm³/mol. The number of hydrogen-bond donors (Lipinski definition) is 1. The lowest BCUT2D eigenvalue weighted by atomic mass is 9.45. The first-order chi connectivity index (χ1) is 10.4. The molecule has 6 heteroatoms. The molecule has 0 aromatic rings. The van der Waals surface area contributed by atoms with Gasteiger partial charge in [0, 0.05) is 18.8 Å². The average molecular weight is 350 g/mol. The number of rotatable bonds is 10. The summed E-state index contributed by atoms with van der Waals surface area (Å²) in [6.45, 7) is 6.97. The number of likely N-dealkylation sites (N-methyl/N-ethyl adjacent to an activating group) is 1. The number of thioether (sulfide) groups is 1. The molecule has 0 aliphatic heterocycles. The second-order valence-corrected chi connectivity index (χ2v) is 9.34. The van der Waals surface area contributed by atoms with Gasteiger partial charge in [-0.25, -0.2) is 0 Å². The van der Waals surface area contributed by atoms with Crippen molar-refractivity contribution in [3.05, 3.63) is 0 Å². The van der Waals surface area contributed by atoms with E-state index in [0.29, 0.717) is 18.6 Å². The Kier molecular flexibility index (Phi) is 7.20. The van der Waals surface area contributed by atoms with Crippen LogP contribution in [0.2, 0.25) is 0 Å². The molecule has 3 fully saturated rings. The molecule has 0 radical (unpaired) electrons. The van der Waals surface area contributed by atoms with Gasteiger partial charge < -0.3 is 4.90 Å². The molecular weight excluding hydrogens is 318 g/mol. The van der Waals surface area contributed by atoms with Gasteiger partial charge in [-0.1, -0.05) is 13.8 Å². The summed E-state index contributed by atoms with van der Waals surface area (Å²) < 4.78 is 23.5. The lowest BCUT2D eigenvalue weighted by Gasteiger charge is -2.60. The summed E-state index contributed by atoms with van der Waals surface area (Å²) in [4.78, 5) is 2.15. The molecule has 0 aromatic carbocycles. The van der Waals surface area contributed by atoms with Crippen molar-refractivity contribution in [1.82, 2.24) is 4.90 Å². The van der Waals surface area contributed by atoms with Crippen LogP contribution in [0.1, 0.15) is 39.5 Å². The van der Waals surface area contributed by atoms with E-state index in [4.69, 9.17) is 4.55 Å². The van der Waals surface area contributed by atoms with Crippen molar-refractivity contribution in [3.8, 4) is 0 Å². The summed E-state index contributed by atoms with van der Waals surface area (Å²) in [6.07, 6.45) is 5.77. The molecule has 130 valence electrons. The fourth-order valence-electron chi connectivity index (χ4n) is 4.24. The summed E-state index contributed by atoms with van der Waals surface area (Å²) in [5.74, 6) is 5.34. The molecule has 3 saturated carbocycles. The third-order valence-corrected chi connectivity index (χ3v) is 7.27. The lowest BCUT2D eigenvalue weighted by Crippen LogP contribution is -2.52. The topological polar surface area (TPSA) is 49.8 Å². The normalized spacial score (nSPS) is 31.0. The highest BCUT2D eigenvalue weighted by Gasteiger charge is 2.53. The van der Waals surface area contributed by atoms with Crippen molar-refractivity contribution in [2.24, 2.45) is 23.2 Å². The maximum atomic E-state index is 10.4. The Morgan fingerprint density at radius 2 is 2.09 bits per heavy atom. The monoisotopic (exact) mass is 349 g/mol. The standard InChI is InChI=1S/C16H31NO3S2/c1-16(2)14-5-4-13(15(16)12-14)6-10-21-11-8-17(3)7-9-20-22(18)19/h13-15H,4-12H2,1-3H3,(H,18,19). The minimum atomic E-state index is -2.13. The van der Waals surface area contributed by atoms with Gasteiger partial charge in [-0.2, -0.15) is 16.0 Å². The van der Waals surface area contributed by atoms with E-state index in [1.807, 2.05) is 18.8 Å². The van der Waals surface area contributed by atoms with E-state index in [1.54, 1.807) is 0 Å². The van der Waals surface area contributed by atoms with Crippen LogP contribution in [0.5, 0.6) is 0 Å². The Balaban J connectivity index is 1.50. The van der Waals surface area contributed by atoms with Crippen molar-refractivity contribution in [3.63, 3.8) is 0 Å². The van der Waals surface area contributed by atoms with Crippen LogP contribution in [-0.4, -0.2) is 51.9 Å². The van der Waals surface area contributed by atoms with Crippen LogP contribution < -0.4 is 0 Å². The summed E-state index contributed by atoms with van der Waals surface area (Å²) in [5.41, 5.74) is 0.612. The van der Waals surface area contributed by atoms with Crippen LogP contribution in [0, 0.1) is 23.2 Å². The van der Waals surface area contributed by atoms with Crippen molar-refractivity contribution in [2.75, 3.05) is 38.2 Å². The van der Waals surface area contributed by atoms with Crippen molar-refractivity contribution < 1.29 is 12.9 Å². The van der Waals surface area contributed by atoms with Gasteiger partial charge in [0.1, 0.15) is 0 Å². The highest BCUT2D eigenvalue weighted by Crippen LogP contribution is 2.62. The third kappa shape index (κ3) is 4.94. The first-order valence-corrected chi connectivity index (χ1v) is 10.6. The summed E-state index contributed by atoms with van der Waals surface area (Å²) >= 11 is -0.0892. The molecule has 4 nitrogen and oxygen atoms in total. The zero-order chi connectivity index (χ0) is 16.2. The fraction of sp³-hybridized carbons (Fsp3) is 1.00. The molecule has 0 amide bonds. The lowest BCUT2D eigenvalue weighted by molar-refractivity contribution is -0.105. The molecule has 3 rings (SSSR count). The van der Waals surface area contributed by atoms with E-state index in [-0.39, 0.29) is 0 Å². The predicted octanol–water partition coefficient (Wildman–Crippen LogP) is 3.27. The molecule has 4 unspecified atom stereocenters. The quantitative estimate of drug-likeness (QED) is 0.484. The van der Waals surface area contributed by atoms with Gasteiger partial charge in [-0.15, -0.1) is 0 Å². The van der Waals surface area contributed by atoms with Crippen LogP contribution in [0.4, 0.5) is 0 Å². The van der Waals surface area contributed by atoms with Crippen molar-refractivity contribution in [1.29, 1.82) is 0 Å². The molecule has 0 heterocycles. The van der Waals surface area contributed by atoms with Crippen LogP contribution in [0.15, 0.2) is 0 Å². The SMILES string of the molecule is CN(CCOS(=O)O)CCSCCC1CCC2CC1C2(C)C. The van der Waals surface area contributed by atoms with Gasteiger partial charge in [-0.3, -0.25) is 8.74 Å². The molecule has 4 atom stereocenters. The van der Waals surface area contributed by atoms with Gasteiger partial charge >= 0.3 is 11.4 Å². The smallest absolute Gasteiger partial charge is 0.301 e. The summed E-state index contributed by atoms with van der Waals surface area (Å²) in [7, 11) is 2.03. The number of nitrogens with zero attached hydrogens (tertiary/aromatic N) is 1. The average Bonchev–Trinajstić information content (AvgIpc) is 2.46. The van der Waals surface area contributed by atoms with E-state index in [1.165, 1.54) is 31.4 Å². The maximum Gasteiger partial charge on any atom is 0.301 e. The molecule has 0 spiro atoms. The molecule has 0 saturated heterocycles. The Morgan fingerprint density at radius 3 is 2.73 bits per heavy atom. The van der Waals surface area contributed by atoms with Gasteiger partial charge in [0.25, 0.3) is 0 Å². The van der Waals surface area contributed by atoms with Gasteiger partial charge in [0.15, 0.2) is 0 Å². The molecule has 22 heavy (non-hydrogen) atoms. The zero-order valence-electron chi connectivity index (χ0n) is 14.1. The minimum Gasteiger partial charge on any atom is -0.303 e. The van der Waals surface area contributed by atoms with E-state index in [9.17, 15) is 4.21 Å². The molecule has 3 aliphatic rings. The number of fused-ring (bicyclic) bond motifs is 2. The Morgan fingerprint density at radius 1 is 1.32 bits per heavy atom. The number of hydrogen-bond acceptors (Lipinski definition) is 4. The molecular formula is C16H31NO3S2. The summed E-state index contributed by atoms with van der Waals surface area (Å²) in [6, 6.07) is 0. The van der Waals surface area contributed by atoms with E-state index in [0.717, 1.165) is 30.1 Å². The Bertz CT molecular complexity index is 376. The molecule has 3 aliphatic carbocycles. The maximum absolute atomic E-state index is 10.4. The minimum absolute atomic E-state index is 0.310. The van der Waals surface area contributed by atoms with Crippen LogP contribution >= 0.6 is 11.8 Å². The first-order valence-electron chi connectivity index (χ1n) is 8.41. The van der Waals surface area contributed by atoms with Crippen molar-refractivity contribution >= 4 is 23.1 Å². The third-order valence-electron chi connectivity index (χ3n) is 5.91.